The van der Waals surface area contributed by atoms with E-state index < -0.39 is 0 Å². The summed E-state index contributed by atoms with van der Waals surface area (Å²) >= 11 is 0. The summed E-state index contributed by atoms with van der Waals surface area (Å²) < 4.78 is 0. The summed E-state index contributed by atoms with van der Waals surface area (Å²) in [7, 11) is 0. The van der Waals surface area contributed by atoms with Crippen LogP contribution in [0.15, 0.2) is 24.3 Å². The molecule has 4 N–H and O–H groups in total. The highest BCUT2D eigenvalue weighted by molar-refractivity contribution is 5.74. The minimum atomic E-state index is -0.215. The van der Waals surface area contributed by atoms with Gasteiger partial charge in [0.25, 0.3) is 0 Å². The molecule has 2 rings (SSSR count). The van der Waals surface area contributed by atoms with E-state index in [2.05, 4.69) is 10.6 Å². The van der Waals surface area contributed by atoms with Crippen LogP contribution in [-0.4, -0.2) is 28.4 Å². The molecule has 0 atom stereocenters. The van der Waals surface area contributed by atoms with Gasteiger partial charge in [0.15, 0.2) is 0 Å². The fourth-order valence-electron chi connectivity index (χ4n) is 2.52. The smallest absolute Gasteiger partial charge is 0.315 e. The number of benzene rings is 1. The van der Waals surface area contributed by atoms with Gasteiger partial charge in [0.2, 0.25) is 0 Å². The Hall–Kier alpha value is -1.59. The van der Waals surface area contributed by atoms with Crippen molar-refractivity contribution in [1.29, 1.82) is 0 Å². The Morgan fingerprint density at radius 1 is 1.15 bits per heavy atom. The van der Waals surface area contributed by atoms with E-state index in [0.717, 1.165) is 36.8 Å². The average molecular weight is 278 g/mol. The second-order valence-electron chi connectivity index (χ2n) is 5.26. The molecule has 0 aromatic heterocycles. The minimum absolute atomic E-state index is 0.0278. The maximum atomic E-state index is 11.8. The molecule has 1 aliphatic carbocycles. The van der Waals surface area contributed by atoms with Gasteiger partial charge in [-0.05, 0) is 36.8 Å². The maximum Gasteiger partial charge on any atom is 0.315 e. The van der Waals surface area contributed by atoms with Crippen molar-refractivity contribution in [2.45, 2.75) is 51.0 Å². The summed E-state index contributed by atoms with van der Waals surface area (Å²) in [6.07, 6.45) is 2.92. The van der Waals surface area contributed by atoms with E-state index in [-0.39, 0.29) is 24.8 Å². The van der Waals surface area contributed by atoms with Gasteiger partial charge >= 0.3 is 6.03 Å². The van der Waals surface area contributed by atoms with Crippen molar-refractivity contribution in [2.24, 2.45) is 0 Å². The molecule has 0 heterocycles. The van der Waals surface area contributed by atoms with Crippen molar-refractivity contribution in [2.75, 3.05) is 0 Å². The Kier molecular flexibility index (Phi) is 5.38. The normalized spacial score (nSPS) is 22.3. The number of urea groups is 1. The first kappa shape index (κ1) is 14.8. The summed E-state index contributed by atoms with van der Waals surface area (Å²) in [4.78, 5) is 11.8. The van der Waals surface area contributed by atoms with Gasteiger partial charge in [-0.15, -0.1) is 0 Å². The van der Waals surface area contributed by atoms with E-state index in [1.54, 1.807) is 0 Å². The molecule has 0 radical (unpaired) electrons. The molecule has 2 amide bonds. The average Bonchev–Trinajstić information content (AvgIpc) is 2.48. The number of aliphatic hydroxyl groups excluding tert-OH is 2. The van der Waals surface area contributed by atoms with Gasteiger partial charge < -0.3 is 20.8 Å². The highest BCUT2D eigenvalue weighted by atomic mass is 16.3. The number of amides is 2. The van der Waals surface area contributed by atoms with Crippen molar-refractivity contribution >= 4 is 6.03 Å². The highest BCUT2D eigenvalue weighted by Crippen LogP contribution is 2.18. The van der Waals surface area contributed by atoms with Gasteiger partial charge in [0, 0.05) is 12.6 Å². The first-order valence-corrected chi connectivity index (χ1v) is 7.09. The highest BCUT2D eigenvalue weighted by Gasteiger charge is 2.20. The van der Waals surface area contributed by atoms with Crippen LogP contribution in [0.5, 0.6) is 0 Å². The van der Waals surface area contributed by atoms with E-state index in [1.807, 2.05) is 24.3 Å². The fourth-order valence-corrected chi connectivity index (χ4v) is 2.52. The van der Waals surface area contributed by atoms with Crippen molar-refractivity contribution in [3.8, 4) is 0 Å². The summed E-state index contributed by atoms with van der Waals surface area (Å²) in [5, 5.41) is 24.4. The molecule has 1 aliphatic rings. The molecule has 1 aromatic carbocycles. The molecule has 0 aliphatic heterocycles. The van der Waals surface area contributed by atoms with E-state index in [4.69, 9.17) is 0 Å². The predicted molar refractivity (Wildman–Crippen MR) is 76.0 cm³/mol. The first-order valence-electron chi connectivity index (χ1n) is 7.09. The lowest BCUT2D eigenvalue weighted by atomic mass is 9.93. The number of nitrogens with one attached hydrogen (secondary N) is 2. The van der Waals surface area contributed by atoms with Gasteiger partial charge in [0.05, 0.1) is 12.7 Å². The molecule has 110 valence electrons. The van der Waals surface area contributed by atoms with Crippen LogP contribution in [-0.2, 0) is 13.2 Å². The quantitative estimate of drug-likeness (QED) is 0.669. The number of hydrogen-bond donors (Lipinski definition) is 4. The molecular formula is C15H22N2O3. The van der Waals surface area contributed by atoms with E-state index >= 15 is 0 Å². The lowest BCUT2D eigenvalue weighted by molar-refractivity contribution is 0.117. The third-order valence-corrected chi connectivity index (χ3v) is 3.76. The molecule has 0 unspecified atom stereocenters. The number of hydrogen-bond acceptors (Lipinski definition) is 3. The molecule has 1 fully saturated rings. The second-order valence-corrected chi connectivity index (χ2v) is 5.26. The third kappa shape index (κ3) is 4.21. The standard InChI is InChI=1S/C15H22N2O3/c18-10-12-4-2-1-3-11(12)9-16-15(20)17-13-5-7-14(19)8-6-13/h1-4,13-14,18-19H,5-10H2,(H2,16,17,20). The molecule has 1 saturated carbocycles. The Bertz CT molecular complexity index is 442. The van der Waals surface area contributed by atoms with Crippen molar-refractivity contribution in [1.82, 2.24) is 10.6 Å². The van der Waals surface area contributed by atoms with Gasteiger partial charge in [-0.25, -0.2) is 4.79 Å². The van der Waals surface area contributed by atoms with Crippen LogP contribution in [0.1, 0.15) is 36.8 Å². The van der Waals surface area contributed by atoms with Crippen LogP contribution in [0.4, 0.5) is 4.79 Å². The number of rotatable bonds is 4. The molecule has 20 heavy (non-hydrogen) atoms. The lowest BCUT2D eigenvalue weighted by Gasteiger charge is -2.26. The summed E-state index contributed by atoms with van der Waals surface area (Å²) in [5.41, 5.74) is 1.75. The van der Waals surface area contributed by atoms with Crippen LogP contribution < -0.4 is 10.6 Å². The summed E-state index contributed by atoms with van der Waals surface area (Å²) in [6, 6.07) is 7.44. The Morgan fingerprint density at radius 2 is 1.80 bits per heavy atom. The number of carbonyl (C=O) groups excluding carboxylic acids is 1. The van der Waals surface area contributed by atoms with Gasteiger partial charge in [-0.1, -0.05) is 24.3 Å². The molecule has 5 nitrogen and oxygen atoms in total. The molecular weight excluding hydrogens is 256 g/mol. The Balaban J connectivity index is 1.77. The fraction of sp³-hybridized carbons (Fsp3) is 0.533. The van der Waals surface area contributed by atoms with Crippen LogP contribution in [0, 0.1) is 0 Å². The second kappa shape index (κ2) is 7.26. The minimum Gasteiger partial charge on any atom is -0.393 e. The maximum absolute atomic E-state index is 11.8. The largest absolute Gasteiger partial charge is 0.393 e. The molecule has 0 bridgehead atoms. The lowest BCUT2D eigenvalue weighted by Crippen LogP contribution is -2.43. The van der Waals surface area contributed by atoms with Crippen LogP contribution in [0.25, 0.3) is 0 Å². The van der Waals surface area contributed by atoms with Crippen molar-refractivity contribution < 1.29 is 15.0 Å². The zero-order valence-electron chi connectivity index (χ0n) is 11.5. The van der Waals surface area contributed by atoms with Gasteiger partial charge in [-0.2, -0.15) is 0 Å². The predicted octanol–water partition coefficient (Wildman–Crippen LogP) is 1.28. The van der Waals surface area contributed by atoms with Crippen LogP contribution >= 0.6 is 0 Å². The topological polar surface area (TPSA) is 81.6 Å². The van der Waals surface area contributed by atoms with Crippen molar-refractivity contribution in [3.05, 3.63) is 35.4 Å². The molecule has 5 heteroatoms. The van der Waals surface area contributed by atoms with Gasteiger partial charge in [0.1, 0.15) is 0 Å². The zero-order valence-corrected chi connectivity index (χ0v) is 11.5. The Morgan fingerprint density at radius 3 is 2.45 bits per heavy atom. The van der Waals surface area contributed by atoms with Crippen molar-refractivity contribution in [3.63, 3.8) is 0 Å². The van der Waals surface area contributed by atoms with Crippen LogP contribution in [0.2, 0.25) is 0 Å². The van der Waals surface area contributed by atoms with Crippen LogP contribution in [0.3, 0.4) is 0 Å². The number of carbonyl (C=O) groups is 1. The molecule has 0 spiro atoms. The van der Waals surface area contributed by atoms with E-state index in [1.165, 1.54) is 0 Å². The third-order valence-electron chi connectivity index (χ3n) is 3.76. The summed E-state index contributed by atoms with van der Waals surface area (Å²) in [6.45, 7) is 0.373. The SMILES string of the molecule is O=C(NCc1ccccc1CO)NC1CCC(O)CC1. The zero-order chi connectivity index (χ0) is 14.4. The first-order chi connectivity index (χ1) is 9.69. The van der Waals surface area contributed by atoms with E-state index in [9.17, 15) is 15.0 Å². The van der Waals surface area contributed by atoms with Gasteiger partial charge in [-0.3, -0.25) is 0 Å². The Labute approximate surface area is 119 Å². The molecule has 1 aromatic rings. The number of aliphatic hydroxyl groups is 2. The summed E-state index contributed by atoms with van der Waals surface area (Å²) in [5.74, 6) is 0. The monoisotopic (exact) mass is 278 g/mol. The van der Waals surface area contributed by atoms with E-state index in [0.29, 0.717) is 6.54 Å². The molecule has 0 saturated heterocycles.